The SMILES string of the molecule is COc1ccccc1-c1ccc(N2CCN(C(=O)Cc3ccc(C)cc3)CC2)nn1. The number of rotatable bonds is 5. The second kappa shape index (κ2) is 8.95. The fraction of sp³-hybridized carbons (Fsp3) is 0.292. The largest absolute Gasteiger partial charge is 0.496 e. The molecule has 1 amide bonds. The van der Waals surface area contributed by atoms with Gasteiger partial charge in [-0.1, -0.05) is 42.0 Å². The molecule has 2 aromatic carbocycles. The van der Waals surface area contributed by atoms with Crippen LogP contribution in [0.4, 0.5) is 5.82 Å². The smallest absolute Gasteiger partial charge is 0.227 e. The monoisotopic (exact) mass is 402 g/mol. The number of methoxy groups -OCH3 is 1. The first-order valence-corrected chi connectivity index (χ1v) is 10.2. The van der Waals surface area contributed by atoms with Crippen LogP contribution in [0.5, 0.6) is 5.75 Å². The van der Waals surface area contributed by atoms with Crippen molar-refractivity contribution >= 4 is 11.7 Å². The quantitative estimate of drug-likeness (QED) is 0.655. The molecule has 30 heavy (non-hydrogen) atoms. The highest BCUT2D eigenvalue weighted by Gasteiger charge is 2.22. The van der Waals surface area contributed by atoms with Crippen molar-refractivity contribution in [1.29, 1.82) is 0 Å². The summed E-state index contributed by atoms with van der Waals surface area (Å²) in [7, 11) is 1.65. The lowest BCUT2D eigenvalue weighted by Gasteiger charge is -2.35. The molecule has 1 aliphatic rings. The lowest BCUT2D eigenvalue weighted by Crippen LogP contribution is -2.49. The molecule has 1 aliphatic heterocycles. The van der Waals surface area contributed by atoms with Gasteiger partial charge in [-0.2, -0.15) is 0 Å². The summed E-state index contributed by atoms with van der Waals surface area (Å²) in [6, 6.07) is 19.9. The minimum absolute atomic E-state index is 0.177. The van der Waals surface area contributed by atoms with E-state index in [9.17, 15) is 4.79 Å². The molecule has 2 heterocycles. The number of aromatic nitrogens is 2. The van der Waals surface area contributed by atoms with Gasteiger partial charge >= 0.3 is 0 Å². The highest BCUT2D eigenvalue weighted by molar-refractivity contribution is 5.79. The molecule has 1 fully saturated rings. The highest BCUT2D eigenvalue weighted by atomic mass is 16.5. The summed E-state index contributed by atoms with van der Waals surface area (Å²) in [4.78, 5) is 16.7. The van der Waals surface area contributed by atoms with E-state index in [1.54, 1.807) is 7.11 Å². The molecular weight excluding hydrogens is 376 g/mol. The van der Waals surface area contributed by atoms with Crippen LogP contribution in [-0.4, -0.2) is 54.3 Å². The lowest BCUT2D eigenvalue weighted by atomic mass is 10.1. The number of carbonyl (C=O) groups excluding carboxylic acids is 1. The van der Waals surface area contributed by atoms with Gasteiger partial charge in [0.05, 0.1) is 19.2 Å². The molecule has 0 saturated carbocycles. The van der Waals surface area contributed by atoms with Crippen LogP contribution < -0.4 is 9.64 Å². The molecule has 6 nitrogen and oxygen atoms in total. The van der Waals surface area contributed by atoms with Gasteiger partial charge < -0.3 is 14.5 Å². The minimum Gasteiger partial charge on any atom is -0.496 e. The van der Waals surface area contributed by atoms with Crippen LogP contribution in [0.2, 0.25) is 0 Å². The predicted molar refractivity (Wildman–Crippen MR) is 118 cm³/mol. The van der Waals surface area contributed by atoms with E-state index < -0.39 is 0 Å². The van der Waals surface area contributed by atoms with Crippen molar-refractivity contribution < 1.29 is 9.53 Å². The van der Waals surface area contributed by atoms with Crippen LogP contribution in [0.25, 0.3) is 11.3 Å². The molecule has 6 heteroatoms. The van der Waals surface area contributed by atoms with E-state index in [4.69, 9.17) is 4.74 Å². The summed E-state index contributed by atoms with van der Waals surface area (Å²) < 4.78 is 5.41. The third-order valence-electron chi connectivity index (χ3n) is 5.47. The van der Waals surface area contributed by atoms with Crippen LogP contribution in [0.3, 0.4) is 0 Å². The molecule has 1 saturated heterocycles. The second-order valence-corrected chi connectivity index (χ2v) is 7.51. The fourth-order valence-electron chi connectivity index (χ4n) is 3.67. The van der Waals surface area contributed by atoms with Gasteiger partial charge in [-0.05, 0) is 36.8 Å². The van der Waals surface area contributed by atoms with Crippen molar-refractivity contribution in [1.82, 2.24) is 15.1 Å². The Balaban J connectivity index is 1.36. The molecule has 0 radical (unpaired) electrons. The van der Waals surface area contributed by atoms with E-state index in [1.807, 2.05) is 65.6 Å². The van der Waals surface area contributed by atoms with E-state index in [2.05, 4.69) is 22.0 Å². The van der Waals surface area contributed by atoms with Crippen molar-refractivity contribution in [3.63, 3.8) is 0 Å². The number of anilines is 1. The Labute approximate surface area is 177 Å². The minimum atomic E-state index is 0.177. The second-order valence-electron chi connectivity index (χ2n) is 7.51. The molecule has 0 spiro atoms. The number of piperazine rings is 1. The Morgan fingerprint density at radius 1 is 0.933 bits per heavy atom. The highest BCUT2D eigenvalue weighted by Crippen LogP contribution is 2.28. The number of para-hydroxylation sites is 1. The topological polar surface area (TPSA) is 58.6 Å². The van der Waals surface area contributed by atoms with Crippen LogP contribution in [-0.2, 0) is 11.2 Å². The van der Waals surface area contributed by atoms with E-state index in [1.165, 1.54) is 5.56 Å². The number of nitrogens with zero attached hydrogens (tertiary/aromatic N) is 4. The maximum Gasteiger partial charge on any atom is 0.227 e. The van der Waals surface area contributed by atoms with Crippen molar-refractivity contribution in [3.8, 4) is 17.0 Å². The zero-order valence-corrected chi connectivity index (χ0v) is 17.4. The third-order valence-corrected chi connectivity index (χ3v) is 5.47. The lowest BCUT2D eigenvalue weighted by molar-refractivity contribution is -0.130. The van der Waals surface area contributed by atoms with Crippen LogP contribution in [0.1, 0.15) is 11.1 Å². The average molecular weight is 402 g/mol. The molecular formula is C24H26N4O2. The summed E-state index contributed by atoms with van der Waals surface area (Å²) in [5.41, 5.74) is 3.97. The first-order chi connectivity index (χ1) is 14.6. The molecule has 3 aromatic rings. The summed E-state index contributed by atoms with van der Waals surface area (Å²) in [6.45, 7) is 4.95. The molecule has 0 unspecified atom stereocenters. The van der Waals surface area contributed by atoms with Crippen LogP contribution >= 0.6 is 0 Å². The summed E-state index contributed by atoms with van der Waals surface area (Å²) >= 11 is 0. The number of aryl methyl sites for hydroxylation is 1. The molecule has 0 N–H and O–H groups in total. The maximum absolute atomic E-state index is 12.6. The van der Waals surface area contributed by atoms with E-state index in [0.29, 0.717) is 19.5 Å². The number of ether oxygens (including phenoxy) is 1. The van der Waals surface area contributed by atoms with Crippen molar-refractivity contribution in [3.05, 3.63) is 71.8 Å². The van der Waals surface area contributed by atoms with Gasteiger partial charge in [0.25, 0.3) is 0 Å². The Morgan fingerprint density at radius 3 is 2.33 bits per heavy atom. The Kier molecular flexibility index (Phi) is 5.93. The zero-order valence-electron chi connectivity index (χ0n) is 17.4. The summed E-state index contributed by atoms with van der Waals surface area (Å²) in [6.07, 6.45) is 0.452. The standard InChI is InChI=1S/C24H26N4O2/c1-18-7-9-19(10-8-18)17-24(29)28-15-13-27(14-16-28)23-12-11-21(25-26-23)20-5-3-4-6-22(20)30-2/h3-12H,13-17H2,1-2H3. The van der Waals surface area contributed by atoms with Crippen LogP contribution in [0, 0.1) is 6.92 Å². The molecule has 0 atom stereocenters. The van der Waals surface area contributed by atoms with Gasteiger partial charge in [0, 0.05) is 31.7 Å². The summed E-state index contributed by atoms with van der Waals surface area (Å²) in [5, 5.41) is 8.81. The number of hydrogen-bond acceptors (Lipinski definition) is 5. The molecule has 0 bridgehead atoms. The summed E-state index contributed by atoms with van der Waals surface area (Å²) in [5.74, 6) is 1.79. The molecule has 0 aliphatic carbocycles. The Hall–Kier alpha value is -3.41. The van der Waals surface area contributed by atoms with Crippen molar-refractivity contribution in [2.75, 3.05) is 38.2 Å². The van der Waals surface area contributed by atoms with E-state index in [0.717, 1.165) is 41.5 Å². The molecule has 154 valence electrons. The fourth-order valence-corrected chi connectivity index (χ4v) is 3.67. The third kappa shape index (κ3) is 4.43. The maximum atomic E-state index is 12.6. The van der Waals surface area contributed by atoms with E-state index in [-0.39, 0.29) is 5.91 Å². The van der Waals surface area contributed by atoms with Crippen LogP contribution in [0.15, 0.2) is 60.7 Å². The van der Waals surface area contributed by atoms with Gasteiger partial charge in [-0.25, -0.2) is 0 Å². The first-order valence-electron chi connectivity index (χ1n) is 10.2. The number of benzene rings is 2. The number of carbonyl (C=O) groups is 1. The Bertz CT molecular complexity index is 994. The van der Waals surface area contributed by atoms with Gasteiger partial charge in [-0.15, -0.1) is 10.2 Å². The van der Waals surface area contributed by atoms with Gasteiger partial charge in [0.1, 0.15) is 5.75 Å². The first kappa shape index (κ1) is 19.9. The number of amides is 1. The van der Waals surface area contributed by atoms with Crippen molar-refractivity contribution in [2.45, 2.75) is 13.3 Å². The molecule has 4 rings (SSSR count). The zero-order chi connectivity index (χ0) is 20.9. The molecule has 1 aromatic heterocycles. The Morgan fingerprint density at radius 2 is 1.67 bits per heavy atom. The normalized spacial score (nSPS) is 13.9. The van der Waals surface area contributed by atoms with E-state index >= 15 is 0 Å². The van der Waals surface area contributed by atoms with Gasteiger partial charge in [0.15, 0.2) is 5.82 Å². The van der Waals surface area contributed by atoms with Crippen molar-refractivity contribution in [2.24, 2.45) is 0 Å². The average Bonchev–Trinajstić information content (AvgIpc) is 2.81. The van der Waals surface area contributed by atoms with Gasteiger partial charge in [-0.3, -0.25) is 4.79 Å². The van der Waals surface area contributed by atoms with Gasteiger partial charge in [0.2, 0.25) is 5.91 Å². The number of hydrogen-bond donors (Lipinski definition) is 0. The predicted octanol–water partition coefficient (Wildman–Crippen LogP) is 3.35.